The Bertz CT molecular complexity index is 1050. The number of carbonyl (C=O) groups excluding carboxylic acids is 2. The molecule has 0 radical (unpaired) electrons. The van der Waals surface area contributed by atoms with Crippen LogP contribution in [-0.4, -0.2) is 64.0 Å². The van der Waals surface area contributed by atoms with Crippen LogP contribution in [0.15, 0.2) is 53.4 Å². The molecule has 0 aromatic heterocycles. The fourth-order valence-electron chi connectivity index (χ4n) is 3.28. The number of unbranched alkanes of at least 4 members (excludes halogenated alkanes) is 1. The van der Waals surface area contributed by atoms with Crippen LogP contribution < -0.4 is 15.4 Å². The Hall–Kier alpha value is -2.95. The van der Waals surface area contributed by atoms with Crippen molar-refractivity contribution in [2.75, 3.05) is 39.5 Å². The molecule has 2 aromatic carbocycles. The first kappa shape index (κ1) is 25.7. The molecule has 0 unspecified atom stereocenters. The average molecular weight is 490 g/mol. The van der Waals surface area contributed by atoms with E-state index in [4.69, 9.17) is 9.47 Å². The van der Waals surface area contributed by atoms with Gasteiger partial charge in [-0.25, -0.2) is 8.42 Å². The Morgan fingerprint density at radius 1 is 1.00 bits per heavy atom. The van der Waals surface area contributed by atoms with Crippen LogP contribution in [0.3, 0.4) is 0 Å². The smallest absolute Gasteiger partial charge is 0.251 e. The first-order valence-corrected chi connectivity index (χ1v) is 12.8. The van der Waals surface area contributed by atoms with E-state index < -0.39 is 10.0 Å². The average Bonchev–Trinajstić information content (AvgIpc) is 2.87. The summed E-state index contributed by atoms with van der Waals surface area (Å²) in [4.78, 5) is 24.6. The molecule has 34 heavy (non-hydrogen) atoms. The summed E-state index contributed by atoms with van der Waals surface area (Å²) in [5.74, 6) is -0.00248. The van der Waals surface area contributed by atoms with Crippen molar-refractivity contribution in [3.63, 3.8) is 0 Å². The first-order chi connectivity index (χ1) is 16.4. The Morgan fingerprint density at radius 3 is 2.32 bits per heavy atom. The second-order valence-electron chi connectivity index (χ2n) is 7.85. The van der Waals surface area contributed by atoms with Crippen LogP contribution in [0.1, 0.15) is 35.7 Å². The molecule has 9 nitrogen and oxygen atoms in total. The monoisotopic (exact) mass is 489 g/mol. The molecule has 1 fully saturated rings. The Kier molecular flexibility index (Phi) is 9.43. The third kappa shape index (κ3) is 7.28. The number of benzene rings is 2. The summed E-state index contributed by atoms with van der Waals surface area (Å²) < 4.78 is 37.5. The van der Waals surface area contributed by atoms with E-state index in [9.17, 15) is 18.0 Å². The van der Waals surface area contributed by atoms with Crippen molar-refractivity contribution in [1.82, 2.24) is 14.9 Å². The van der Waals surface area contributed by atoms with Crippen molar-refractivity contribution in [2.45, 2.75) is 31.2 Å². The SMILES string of the molecule is CCCCOc1ccc(C(=O)NCC(=O)NCc2ccc(S(=O)(=O)N3CCOCC3)cc2)cc1. The topological polar surface area (TPSA) is 114 Å². The molecule has 10 heteroatoms. The molecular weight excluding hydrogens is 458 g/mol. The molecule has 0 atom stereocenters. The lowest BCUT2D eigenvalue weighted by Crippen LogP contribution is -2.40. The molecule has 2 amide bonds. The minimum absolute atomic E-state index is 0.170. The molecule has 0 aliphatic carbocycles. The van der Waals surface area contributed by atoms with E-state index in [1.807, 2.05) is 0 Å². The standard InChI is InChI=1S/C24H31N3O6S/c1-2-3-14-33-21-8-6-20(7-9-21)24(29)26-18-23(28)25-17-19-4-10-22(11-5-19)34(30,31)27-12-15-32-16-13-27/h4-11H,2-3,12-18H2,1H3,(H,25,28)(H,26,29). The van der Waals surface area contributed by atoms with Crippen LogP contribution in [0.5, 0.6) is 5.75 Å². The van der Waals surface area contributed by atoms with Crippen molar-refractivity contribution in [1.29, 1.82) is 0 Å². The number of sulfonamides is 1. The van der Waals surface area contributed by atoms with Crippen molar-refractivity contribution >= 4 is 21.8 Å². The minimum atomic E-state index is -3.55. The third-order valence-electron chi connectivity index (χ3n) is 5.31. The predicted molar refractivity (Wildman–Crippen MR) is 127 cm³/mol. The zero-order chi connectivity index (χ0) is 24.4. The van der Waals surface area contributed by atoms with E-state index in [-0.39, 0.29) is 29.8 Å². The van der Waals surface area contributed by atoms with Crippen LogP contribution >= 0.6 is 0 Å². The second kappa shape index (κ2) is 12.5. The van der Waals surface area contributed by atoms with Crippen molar-refractivity contribution in [2.24, 2.45) is 0 Å². The van der Waals surface area contributed by atoms with Gasteiger partial charge in [0.25, 0.3) is 5.91 Å². The number of hydrogen-bond acceptors (Lipinski definition) is 6. The first-order valence-electron chi connectivity index (χ1n) is 11.3. The van der Waals surface area contributed by atoms with Gasteiger partial charge in [0.1, 0.15) is 5.75 Å². The molecule has 1 heterocycles. The van der Waals surface area contributed by atoms with E-state index in [2.05, 4.69) is 17.6 Å². The summed E-state index contributed by atoms with van der Waals surface area (Å²) in [6.07, 6.45) is 2.01. The normalized spacial score (nSPS) is 14.4. The molecule has 1 saturated heterocycles. The van der Waals surface area contributed by atoms with Gasteiger partial charge in [-0.1, -0.05) is 25.5 Å². The highest BCUT2D eigenvalue weighted by Gasteiger charge is 2.26. The van der Waals surface area contributed by atoms with E-state index in [0.717, 1.165) is 18.4 Å². The molecule has 0 spiro atoms. The number of rotatable bonds is 11. The zero-order valence-corrected chi connectivity index (χ0v) is 20.1. The Morgan fingerprint density at radius 2 is 1.68 bits per heavy atom. The van der Waals surface area contributed by atoms with Crippen LogP contribution in [0.25, 0.3) is 0 Å². The van der Waals surface area contributed by atoms with Crippen molar-refractivity contribution < 1.29 is 27.5 Å². The second-order valence-corrected chi connectivity index (χ2v) is 9.78. The van der Waals surface area contributed by atoms with Crippen molar-refractivity contribution in [3.8, 4) is 5.75 Å². The number of nitrogens with one attached hydrogen (secondary N) is 2. The summed E-state index contributed by atoms with van der Waals surface area (Å²) in [7, 11) is -3.55. The summed E-state index contributed by atoms with van der Waals surface area (Å²) in [5.41, 5.74) is 1.19. The fourth-order valence-corrected chi connectivity index (χ4v) is 4.69. The fraction of sp³-hybridized carbons (Fsp3) is 0.417. The maximum atomic E-state index is 12.7. The van der Waals surface area contributed by atoms with Gasteiger partial charge in [-0.3, -0.25) is 9.59 Å². The van der Waals surface area contributed by atoms with Gasteiger partial charge in [-0.15, -0.1) is 0 Å². The van der Waals surface area contributed by atoms with E-state index >= 15 is 0 Å². The van der Waals surface area contributed by atoms with Gasteiger partial charge >= 0.3 is 0 Å². The van der Waals surface area contributed by atoms with Gasteiger partial charge in [0.05, 0.1) is 31.3 Å². The van der Waals surface area contributed by atoms with Gasteiger partial charge in [0, 0.05) is 25.2 Å². The maximum Gasteiger partial charge on any atom is 0.251 e. The quantitative estimate of drug-likeness (QED) is 0.466. The highest BCUT2D eigenvalue weighted by molar-refractivity contribution is 7.89. The molecule has 184 valence electrons. The van der Waals surface area contributed by atoms with Crippen LogP contribution in [0, 0.1) is 0 Å². The summed E-state index contributed by atoms with van der Waals surface area (Å²) in [6.45, 7) is 4.22. The molecule has 3 rings (SSSR count). The number of morpholine rings is 1. The van der Waals surface area contributed by atoms with E-state index in [0.29, 0.717) is 44.2 Å². The van der Waals surface area contributed by atoms with E-state index in [1.54, 1.807) is 36.4 Å². The summed E-state index contributed by atoms with van der Waals surface area (Å²) in [5, 5.41) is 5.30. The Labute approximate surface area is 200 Å². The molecule has 2 aromatic rings. The van der Waals surface area contributed by atoms with Gasteiger partial charge in [0.15, 0.2) is 0 Å². The highest BCUT2D eigenvalue weighted by atomic mass is 32.2. The molecular formula is C24H31N3O6S. The molecule has 2 N–H and O–H groups in total. The number of amides is 2. The molecule has 1 aliphatic rings. The number of hydrogen-bond donors (Lipinski definition) is 2. The van der Waals surface area contributed by atoms with Gasteiger partial charge in [-0.05, 0) is 48.4 Å². The molecule has 0 saturated carbocycles. The zero-order valence-electron chi connectivity index (χ0n) is 19.3. The third-order valence-corrected chi connectivity index (χ3v) is 7.23. The Balaban J connectivity index is 1.42. The minimum Gasteiger partial charge on any atom is -0.494 e. The maximum absolute atomic E-state index is 12.7. The number of nitrogens with zero attached hydrogens (tertiary/aromatic N) is 1. The predicted octanol–water partition coefficient (Wildman–Crippen LogP) is 1.93. The highest BCUT2D eigenvalue weighted by Crippen LogP contribution is 2.17. The van der Waals surface area contributed by atoms with Crippen molar-refractivity contribution in [3.05, 3.63) is 59.7 Å². The number of carbonyl (C=O) groups is 2. The lowest BCUT2D eigenvalue weighted by Gasteiger charge is -2.26. The van der Waals surface area contributed by atoms with Gasteiger partial charge in [-0.2, -0.15) is 4.31 Å². The summed E-state index contributed by atoms with van der Waals surface area (Å²) >= 11 is 0. The van der Waals surface area contributed by atoms with Crippen LogP contribution in [0.4, 0.5) is 0 Å². The van der Waals surface area contributed by atoms with Crippen LogP contribution in [-0.2, 0) is 26.1 Å². The lowest BCUT2D eigenvalue weighted by atomic mass is 10.2. The van der Waals surface area contributed by atoms with E-state index in [1.165, 1.54) is 16.4 Å². The summed E-state index contributed by atoms with van der Waals surface area (Å²) in [6, 6.07) is 13.2. The largest absolute Gasteiger partial charge is 0.494 e. The van der Waals surface area contributed by atoms with Gasteiger partial charge in [0.2, 0.25) is 15.9 Å². The van der Waals surface area contributed by atoms with Gasteiger partial charge < -0.3 is 20.1 Å². The van der Waals surface area contributed by atoms with Crippen LogP contribution in [0.2, 0.25) is 0 Å². The molecule has 1 aliphatic heterocycles. The molecule has 0 bridgehead atoms. The number of ether oxygens (including phenoxy) is 2. The lowest BCUT2D eigenvalue weighted by molar-refractivity contribution is -0.120.